The molecule has 1 saturated heterocycles. The molecular formula is C16H14N6O6S2. The Morgan fingerprint density at radius 3 is 3.00 bits per heavy atom. The fraction of sp³-hybridized carbons (Fsp3) is 0.250. The number of carbonyl (C=O) groups excluding carboxylic acids is 2. The van der Waals surface area contributed by atoms with E-state index < -0.39 is 29.2 Å². The van der Waals surface area contributed by atoms with E-state index in [2.05, 4.69) is 20.6 Å². The molecule has 30 heavy (non-hydrogen) atoms. The van der Waals surface area contributed by atoms with Crippen LogP contribution in [-0.4, -0.2) is 60.8 Å². The Morgan fingerprint density at radius 1 is 1.50 bits per heavy atom. The number of thioether (sulfide) groups is 1. The summed E-state index contributed by atoms with van der Waals surface area (Å²) in [5.74, 6) is -1.95. The number of aromatic nitrogens is 2. The number of rotatable bonds is 7. The lowest BCUT2D eigenvalue weighted by molar-refractivity contribution is -0.144. The lowest BCUT2D eigenvalue weighted by Crippen LogP contribution is -2.69. The number of oxime groups is 1. The van der Waals surface area contributed by atoms with Gasteiger partial charge in [-0.15, -0.1) is 23.1 Å². The zero-order chi connectivity index (χ0) is 21.3. The number of carbonyl (C=O) groups is 3. The number of carboxylic acids is 1. The van der Waals surface area contributed by atoms with Crippen LogP contribution in [-0.2, 0) is 25.8 Å². The fourth-order valence-electron chi connectivity index (χ4n) is 2.72. The van der Waals surface area contributed by atoms with Gasteiger partial charge in [0, 0.05) is 23.4 Å². The van der Waals surface area contributed by atoms with Crippen LogP contribution in [0.3, 0.4) is 0 Å². The molecule has 2 aromatic heterocycles. The van der Waals surface area contributed by atoms with Crippen LogP contribution in [0, 0.1) is 0 Å². The normalized spacial score (nSPS) is 20.8. The molecule has 1 unspecified atom stereocenters. The summed E-state index contributed by atoms with van der Waals surface area (Å²) in [7, 11) is 0. The number of anilines is 1. The molecule has 14 heteroatoms. The number of aliphatic carboxylic acids is 1. The van der Waals surface area contributed by atoms with Crippen molar-refractivity contribution >= 4 is 51.7 Å². The quantitative estimate of drug-likeness (QED) is 0.296. The highest BCUT2D eigenvalue weighted by Gasteiger charge is 2.50. The molecule has 0 aromatic carbocycles. The first kappa shape index (κ1) is 19.9. The number of thiazole rings is 1. The minimum Gasteiger partial charge on any atom is -0.478 e. The molecule has 0 radical (unpaired) electrons. The van der Waals surface area contributed by atoms with Gasteiger partial charge in [0.1, 0.15) is 29.1 Å². The number of nitrogens with one attached hydrogen (secondary N) is 1. The summed E-state index contributed by atoms with van der Waals surface area (Å²) in [6.45, 7) is -0.0374. The SMILES string of the molecule is Nc1nc(C(=NOCc2ccon2)C(=O)NC2C(=O)N3C=C(C(=O)O)CS[C@H]23)cs1. The Balaban J connectivity index is 1.47. The average molecular weight is 450 g/mol. The van der Waals surface area contributed by atoms with Crippen molar-refractivity contribution in [2.75, 3.05) is 11.5 Å². The number of carboxylic acid groups (broad SMARTS) is 1. The number of hydrogen-bond acceptors (Lipinski definition) is 11. The summed E-state index contributed by atoms with van der Waals surface area (Å²) >= 11 is 2.37. The molecule has 0 saturated carbocycles. The predicted molar refractivity (Wildman–Crippen MR) is 105 cm³/mol. The highest BCUT2D eigenvalue weighted by molar-refractivity contribution is 8.00. The first-order valence-electron chi connectivity index (χ1n) is 8.43. The molecule has 2 aliphatic heterocycles. The maximum atomic E-state index is 12.8. The van der Waals surface area contributed by atoms with Crippen LogP contribution >= 0.6 is 23.1 Å². The van der Waals surface area contributed by atoms with Gasteiger partial charge >= 0.3 is 5.97 Å². The molecule has 2 amide bonds. The zero-order valence-corrected chi connectivity index (χ0v) is 16.7. The molecule has 1 fully saturated rings. The molecule has 2 aromatic rings. The minimum atomic E-state index is -1.08. The van der Waals surface area contributed by atoms with Gasteiger partial charge in [-0.25, -0.2) is 9.78 Å². The van der Waals surface area contributed by atoms with E-state index in [4.69, 9.17) is 20.2 Å². The summed E-state index contributed by atoms with van der Waals surface area (Å²) in [5.41, 5.74) is 6.29. The summed E-state index contributed by atoms with van der Waals surface area (Å²) in [5, 5.41) is 20.6. The Labute approximate surface area is 176 Å². The molecule has 0 bridgehead atoms. The second-order valence-electron chi connectivity index (χ2n) is 6.13. The summed E-state index contributed by atoms with van der Waals surface area (Å²) < 4.78 is 4.70. The second kappa shape index (κ2) is 8.16. The lowest BCUT2D eigenvalue weighted by Gasteiger charge is -2.46. The van der Waals surface area contributed by atoms with Crippen molar-refractivity contribution in [3.63, 3.8) is 0 Å². The molecule has 156 valence electrons. The topological polar surface area (TPSA) is 173 Å². The second-order valence-corrected chi connectivity index (χ2v) is 8.13. The van der Waals surface area contributed by atoms with E-state index in [1.807, 2.05) is 0 Å². The van der Waals surface area contributed by atoms with Crippen LogP contribution in [0.15, 0.2) is 39.2 Å². The van der Waals surface area contributed by atoms with Crippen LogP contribution in [0.5, 0.6) is 0 Å². The molecule has 0 spiro atoms. The number of nitrogen functional groups attached to an aromatic ring is 1. The van der Waals surface area contributed by atoms with E-state index in [1.54, 1.807) is 11.4 Å². The van der Waals surface area contributed by atoms with E-state index >= 15 is 0 Å². The van der Waals surface area contributed by atoms with E-state index in [9.17, 15) is 14.4 Å². The summed E-state index contributed by atoms with van der Waals surface area (Å²) in [6, 6.07) is 0.752. The van der Waals surface area contributed by atoms with Crippen LogP contribution in [0.2, 0.25) is 0 Å². The number of nitrogens with two attached hydrogens (primary N) is 1. The predicted octanol–water partition coefficient (Wildman–Crippen LogP) is 0.00260. The van der Waals surface area contributed by atoms with Crippen molar-refractivity contribution in [3.05, 3.63) is 40.9 Å². The van der Waals surface area contributed by atoms with Crippen LogP contribution in [0.25, 0.3) is 0 Å². The summed E-state index contributed by atoms with van der Waals surface area (Å²) in [4.78, 5) is 46.8. The van der Waals surface area contributed by atoms with Crippen LogP contribution < -0.4 is 11.1 Å². The van der Waals surface area contributed by atoms with Crippen LogP contribution in [0.1, 0.15) is 11.4 Å². The Morgan fingerprint density at radius 2 is 2.33 bits per heavy atom. The highest BCUT2D eigenvalue weighted by atomic mass is 32.2. The fourth-order valence-corrected chi connectivity index (χ4v) is 4.51. The van der Waals surface area contributed by atoms with Gasteiger partial charge in [-0.05, 0) is 0 Å². The van der Waals surface area contributed by atoms with E-state index in [0.29, 0.717) is 5.69 Å². The van der Waals surface area contributed by atoms with Gasteiger partial charge in [0.2, 0.25) is 0 Å². The number of β-lactam (4-membered cyclic amide) rings is 1. The number of fused-ring (bicyclic) bond motifs is 1. The first-order valence-corrected chi connectivity index (χ1v) is 10.4. The zero-order valence-electron chi connectivity index (χ0n) is 15.0. The smallest absolute Gasteiger partial charge is 0.333 e. The molecule has 2 atom stereocenters. The lowest BCUT2D eigenvalue weighted by atomic mass is 10.1. The third-order valence-electron chi connectivity index (χ3n) is 4.18. The van der Waals surface area contributed by atoms with Crippen LogP contribution in [0.4, 0.5) is 5.13 Å². The van der Waals surface area contributed by atoms with Crippen molar-refractivity contribution in [2.24, 2.45) is 5.16 Å². The van der Waals surface area contributed by atoms with Crippen molar-refractivity contribution in [1.82, 2.24) is 20.4 Å². The molecule has 0 aliphatic carbocycles. The maximum absolute atomic E-state index is 12.8. The van der Waals surface area contributed by atoms with Gasteiger partial charge in [-0.2, -0.15) is 0 Å². The number of nitrogens with zero attached hydrogens (tertiary/aromatic N) is 4. The van der Waals surface area contributed by atoms with Gasteiger partial charge in [-0.3, -0.25) is 9.59 Å². The van der Waals surface area contributed by atoms with Gasteiger partial charge in [0.15, 0.2) is 17.5 Å². The molecule has 12 nitrogen and oxygen atoms in total. The van der Waals surface area contributed by atoms with Gasteiger partial charge in [0.25, 0.3) is 11.8 Å². The van der Waals surface area contributed by atoms with Gasteiger partial charge in [0.05, 0.1) is 5.57 Å². The maximum Gasteiger partial charge on any atom is 0.333 e. The standard InChI is InChI=1S/C16H14N6O6S2/c17-16-18-9(6-30-16)10(21-28-4-8-1-2-27-20-8)12(23)19-11-13(24)22-3-7(15(25)26)5-29-14(11)22/h1-3,6,11,14H,4-5H2,(H2,17,18)(H,19,23)(H,25,26)/t11?,14-/m1/s1. The average Bonchev–Trinajstić information content (AvgIpc) is 3.40. The van der Waals surface area contributed by atoms with Crippen molar-refractivity contribution < 1.29 is 28.9 Å². The van der Waals surface area contributed by atoms with Gasteiger partial charge < -0.3 is 30.4 Å². The van der Waals surface area contributed by atoms with E-state index in [-0.39, 0.29) is 34.5 Å². The molecular weight excluding hydrogens is 436 g/mol. The summed E-state index contributed by atoms with van der Waals surface area (Å²) in [6.07, 6.45) is 2.67. The number of hydrogen-bond donors (Lipinski definition) is 3. The third kappa shape index (κ3) is 3.86. The Bertz CT molecular complexity index is 1050. The van der Waals surface area contributed by atoms with Crippen molar-refractivity contribution in [3.8, 4) is 0 Å². The van der Waals surface area contributed by atoms with Crippen molar-refractivity contribution in [1.29, 1.82) is 0 Å². The van der Waals surface area contributed by atoms with Gasteiger partial charge in [-0.1, -0.05) is 10.3 Å². The Kier molecular flexibility index (Phi) is 5.41. The third-order valence-corrected chi connectivity index (χ3v) is 6.18. The van der Waals surface area contributed by atoms with E-state index in [0.717, 1.165) is 11.3 Å². The number of amides is 2. The largest absolute Gasteiger partial charge is 0.478 e. The molecule has 4 rings (SSSR count). The first-order chi connectivity index (χ1) is 14.4. The molecule has 4 N–H and O–H groups in total. The highest BCUT2D eigenvalue weighted by Crippen LogP contribution is 2.36. The van der Waals surface area contributed by atoms with Crippen molar-refractivity contribution in [2.45, 2.75) is 18.0 Å². The minimum absolute atomic E-state index is 0.0374. The molecule has 4 heterocycles. The van der Waals surface area contributed by atoms with E-state index in [1.165, 1.54) is 29.1 Å². The molecule has 2 aliphatic rings. The Hall–Kier alpha value is -3.39. The monoisotopic (exact) mass is 450 g/mol.